The summed E-state index contributed by atoms with van der Waals surface area (Å²) in [6.45, 7) is 4.65. The topological polar surface area (TPSA) is 0 Å². The molecule has 0 N–H and O–H groups in total. The van der Waals surface area contributed by atoms with Gasteiger partial charge in [-0.05, 0) is 46.6 Å². The summed E-state index contributed by atoms with van der Waals surface area (Å²) in [5.74, 6) is 1.22. The smallest absolute Gasteiger partial charge is 0.0159 e. The monoisotopic (exact) mass is 288 g/mol. The lowest BCUT2D eigenvalue weighted by Gasteiger charge is -2.21. The lowest BCUT2D eigenvalue weighted by atomic mass is 9.84. The van der Waals surface area contributed by atoms with Crippen molar-refractivity contribution in [3.8, 4) is 0 Å². The summed E-state index contributed by atoms with van der Waals surface area (Å²) in [6, 6.07) is 26.5. The van der Waals surface area contributed by atoms with Crippen LogP contribution in [0.5, 0.6) is 0 Å². The Hall–Kier alpha value is -2.08. The Labute approximate surface area is 133 Å². The van der Waals surface area contributed by atoms with Crippen LogP contribution in [0.4, 0.5) is 0 Å². The first-order chi connectivity index (χ1) is 10.8. The second-order valence-electron chi connectivity index (χ2n) is 6.26. The molecule has 0 saturated carbocycles. The molecule has 0 spiro atoms. The van der Waals surface area contributed by atoms with E-state index in [-0.39, 0.29) is 0 Å². The molecule has 0 nitrogen and oxygen atoms in total. The number of hydrogen-bond acceptors (Lipinski definition) is 0. The number of benzene rings is 3. The average molecular weight is 288 g/mol. The molecule has 0 bridgehead atoms. The first-order valence-electron chi connectivity index (χ1n) is 8.31. The molecule has 3 rings (SSSR count). The fraction of sp³-hybridized carbons (Fsp3) is 0.273. The van der Waals surface area contributed by atoms with Gasteiger partial charge in [-0.1, -0.05) is 86.6 Å². The van der Waals surface area contributed by atoms with E-state index in [0.29, 0.717) is 11.8 Å². The second-order valence-corrected chi connectivity index (χ2v) is 6.26. The van der Waals surface area contributed by atoms with Crippen LogP contribution < -0.4 is 0 Å². The van der Waals surface area contributed by atoms with Crippen molar-refractivity contribution in [2.45, 2.75) is 38.5 Å². The molecular formula is C22H24. The van der Waals surface area contributed by atoms with Gasteiger partial charge in [0.05, 0.1) is 0 Å². The highest BCUT2D eigenvalue weighted by molar-refractivity contribution is 5.83. The molecule has 0 radical (unpaired) electrons. The fourth-order valence-electron chi connectivity index (χ4n) is 3.34. The second kappa shape index (κ2) is 6.79. The van der Waals surface area contributed by atoms with Gasteiger partial charge in [0.25, 0.3) is 0 Å². The number of fused-ring (bicyclic) bond motifs is 1. The Kier molecular flexibility index (Phi) is 4.58. The van der Waals surface area contributed by atoms with Crippen LogP contribution in [0.25, 0.3) is 10.8 Å². The minimum absolute atomic E-state index is 0.578. The minimum atomic E-state index is 0.578. The molecule has 0 aromatic heterocycles. The Morgan fingerprint density at radius 1 is 0.727 bits per heavy atom. The van der Waals surface area contributed by atoms with Gasteiger partial charge in [-0.15, -0.1) is 0 Å². The molecule has 3 aromatic rings. The van der Waals surface area contributed by atoms with Crippen molar-refractivity contribution in [2.75, 3.05) is 0 Å². The van der Waals surface area contributed by atoms with Crippen LogP contribution in [0, 0.1) is 0 Å². The SMILES string of the molecule is CCC(CC(C)c1ccc2ccccc2c1)c1ccccc1. The summed E-state index contributed by atoms with van der Waals surface area (Å²) in [7, 11) is 0. The van der Waals surface area contributed by atoms with Crippen LogP contribution in [0.1, 0.15) is 49.7 Å². The summed E-state index contributed by atoms with van der Waals surface area (Å²) < 4.78 is 0. The third kappa shape index (κ3) is 3.22. The van der Waals surface area contributed by atoms with E-state index in [1.54, 1.807) is 0 Å². The molecular weight excluding hydrogens is 264 g/mol. The first kappa shape index (κ1) is 14.8. The highest BCUT2D eigenvalue weighted by Crippen LogP contribution is 2.32. The van der Waals surface area contributed by atoms with Crippen LogP contribution in [-0.2, 0) is 0 Å². The largest absolute Gasteiger partial charge is 0.0648 e. The predicted octanol–water partition coefficient (Wildman–Crippen LogP) is 6.53. The van der Waals surface area contributed by atoms with Gasteiger partial charge in [0, 0.05) is 0 Å². The van der Waals surface area contributed by atoms with E-state index < -0.39 is 0 Å². The molecule has 0 fully saturated rings. The van der Waals surface area contributed by atoms with Crippen molar-refractivity contribution >= 4 is 10.8 Å². The first-order valence-corrected chi connectivity index (χ1v) is 8.31. The summed E-state index contributed by atoms with van der Waals surface area (Å²) in [4.78, 5) is 0. The molecule has 0 aliphatic rings. The summed E-state index contributed by atoms with van der Waals surface area (Å²) in [6.07, 6.45) is 2.40. The van der Waals surface area contributed by atoms with E-state index in [1.165, 1.54) is 34.7 Å². The standard InChI is InChI=1S/C22H24/c1-3-18(19-9-5-4-6-10-19)15-17(2)21-14-13-20-11-7-8-12-22(20)16-21/h4-14,16-18H,3,15H2,1-2H3. The molecule has 0 saturated heterocycles. The summed E-state index contributed by atoms with van der Waals surface area (Å²) in [5.41, 5.74) is 2.92. The molecule has 3 aromatic carbocycles. The number of hydrogen-bond donors (Lipinski definition) is 0. The van der Waals surface area contributed by atoms with Gasteiger partial charge in [0.2, 0.25) is 0 Å². The average Bonchev–Trinajstić information content (AvgIpc) is 2.59. The third-order valence-electron chi connectivity index (χ3n) is 4.74. The molecule has 0 aliphatic carbocycles. The third-order valence-corrected chi connectivity index (χ3v) is 4.74. The maximum absolute atomic E-state index is 2.36. The fourth-order valence-corrected chi connectivity index (χ4v) is 3.34. The molecule has 0 amide bonds. The molecule has 112 valence electrons. The molecule has 0 heterocycles. The lowest BCUT2D eigenvalue weighted by molar-refractivity contribution is 0.545. The Morgan fingerprint density at radius 3 is 2.14 bits per heavy atom. The summed E-state index contributed by atoms with van der Waals surface area (Å²) >= 11 is 0. The van der Waals surface area contributed by atoms with Crippen LogP contribution in [-0.4, -0.2) is 0 Å². The van der Waals surface area contributed by atoms with Crippen molar-refractivity contribution in [1.82, 2.24) is 0 Å². The zero-order chi connectivity index (χ0) is 15.4. The van der Waals surface area contributed by atoms with Crippen molar-refractivity contribution < 1.29 is 0 Å². The maximum atomic E-state index is 2.36. The maximum Gasteiger partial charge on any atom is -0.0159 e. The van der Waals surface area contributed by atoms with Gasteiger partial charge in [-0.3, -0.25) is 0 Å². The predicted molar refractivity (Wildman–Crippen MR) is 96.5 cm³/mol. The minimum Gasteiger partial charge on any atom is -0.0648 e. The summed E-state index contributed by atoms with van der Waals surface area (Å²) in [5, 5.41) is 2.67. The van der Waals surface area contributed by atoms with Gasteiger partial charge < -0.3 is 0 Å². The molecule has 2 atom stereocenters. The highest BCUT2D eigenvalue weighted by atomic mass is 14.2. The van der Waals surface area contributed by atoms with E-state index in [2.05, 4.69) is 86.6 Å². The zero-order valence-corrected chi connectivity index (χ0v) is 13.5. The van der Waals surface area contributed by atoms with Gasteiger partial charge >= 0.3 is 0 Å². The Balaban J connectivity index is 1.81. The Morgan fingerprint density at radius 2 is 1.41 bits per heavy atom. The van der Waals surface area contributed by atoms with E-state index in [0.717, 1.165) is 0 Å². The van der Waals surface area contributed by atoms with Crippen molar-refractivity contribution in [2.24, 2.45) is 0 Å². The van der Waals surface area contributed by atoms with Crippen LogP contribution >= 0.6 is 0 Å². The van der Waals surface area contributed by atoms with E-state index in [1.807, 2.05) is 0 Å². The molecule has 0 heteroatoms. The molecule has 22 heavy (non-hydrogen) atoms. The molecule has 2 unspecified atom stereocenters. The van der Waals surface area contributed by atoms with Gasteiger partial charge in [-0.25, -0.2) is 0 Å². The van der Waals surface area contributed by atoms with Gasteiger partial charge in [0.15, 0.2) is 0 Å². The quantitative estimate of drug-likeness (QED) is 0.501. The van der Waals surface area contributed by atoms with E-state index in [9.17, 15) is 0 Å². The van der Waals surface area contributed by atoms with E-state index >= 15 is 0 Å². The van der Waals surface area contributed by atoms with Crippen molar-refractivity contribution in [3.63, 3.8) is 0 Å². The van der Waals surface area contributed by atoms with Crippen molar-refractivity contribution in [3.05, 3.63) is 83.9 Å². The Bertz CT molecular complexity index is 727. The number of rotatable bonds is 5. The normalized spacial score (nSPS) is 13.9. The molecule has 0 aliphatic heterocycles. The zero-order valence-electron chi connectivity index (χ0n) is 13.5. The highest BCUT2D eigenvalue weighted by Gasteiger charge is 2.15. The lowest BCUT2D eigenvalue weighted by Crippen LogP contribution is -2.03. The van der Waals surface area contributed by atoms with Gasteiger partial charge in [0.1, 0.15) is 0 Å². The van der Waals surface area contributed by atoms with Crippen LogP contribution in [0.3, 0.4) is 0 Å². The van der Waals surface area contributed by atoms with Crippen LogP contribution in [0.2, 0.25) is 0 Å². The van der Waals surface area contributed by atoms with Crippen LogP contribution in [0.15, 0.2) is 72.8 Å². The van der Waals surface area contributed by atoms with E-state index in [4.69, 9.17) is 0 Å². The van der Waals surface area contributed by atoms with Gasteiger partial charge in [-0.2, -0.15) is 0 Å². The van der Waals surface area contributed by atoms with Crippen molar-refractivity contribution in [1.29, 1.82) is 0 Å².